The predicted octanol–water partition coefficient (Wildman–Crippen LogP) is 1.90. The quantitative estimate of drug-likeness (QED) is 0.795. The van der Waals surface area contributed by atoms with E-state index in [1.165, 1.54) is 17.8 Å². The number of hydrogen-bond acceptors (Lipinski definition) is 6. The van der Waals surface area contributed by atoms with Gasteiger partial charge in [0.25, 0.3) is 6.43 Å². The number of nitrogens with zero attached hydrogens (tertiary/aromatic N) is 2. The van der Waals surface area contributed by atoms with Gasteiger partial charge in [-0.2, -0.15) is 0 Å². The summed E-state index contributed by atoms with van der Waals surface area (Å²) in [4.78, 5) is 19.6. The second-order valence-corrected chi connectivity index (χ2v) is 5.89. The molecule has 3 atom stereocenters. The van der Waals surface area contributed by atoms with Crippen LogP contribution in [-0.2, 0) is 14.3 Å². The maximum Gasteiger partial charge on any atom is 0.280 e. The number of carbonyl (C=O) groups is 1. The van der Waals surface area contributed by atoms with Gasteiger partial charge in [0.2, 0.25) is 6.29 Å². The fraction of sp³-hybridized carbons (Fsp3) is 0.583. The van der Waals surface area contributed by atoms with Crippen molar-refractivity contribution in [1.82, 2.24) is 9.97 Å². The molecule has 0 radical (unpaired) electrons. The molecule has 2 saturated heterocycles. The summed E-state index contributed by atoms with van der Waals surface area (Å²) >= 11 is 1.19. The van der Waals surface area contributed by atoms with E-state index in [1.54, 1.807) is 6.92 Å². The van der Waals surface area contributed by atoms with Gasteiger partial charge in [0, 0.05) is 17.4 Å². The molecule has 108 valence electrons. The van der Waals surface area contributed by atoms with Crippen LogP contribution in [0.2, 0.25) is 0 Å². The first-order valence-electron chi connectivity index (χ1n) is 6.13. The van der Waals surface area contributed by atoms with Crippen molar-refractivity contribution in [2.24, 2.45) is 0 Å². The molecule has 1 aromatic heterocycles. The van der Waals surface area contributed by atoms with Gasteiger partial charge in [0.1, 0.15) is 5.69 Å². The summed E-state index contributed by atoms with van der Waals surface area (Å²) in [5.74, 6) is -0.127. The molecule has 20 heavy (non-hydrogen) atoms. The molecule has 3 rings (SSSR count). The summed E-state index contributed by atoms with van der Waals surface area (Å²) in [5, 5.41) is 0.0422. The van der Waals surface area contributed by atoms with Crippen molar-refractivity contribution < 1.29 is 23.0 Å². The average Bonchev–Trinajstić information content (AvgIpc) is 2.81. The number of ether oxygens (including phenoxy) is 2. The lowest BCUT2D eigenvalue weighted by atomic mass is 10.1. The highest BCUT2D eigenvalue weighted by atomic mass is 32.2. The molecule has 2 fully saturated rings. The first-order chi connectivity index (χ1) is 9.52. The van der Waals surface area contributed by atoms with Crippen LogP contribution in [0.1, 0.15) is 24.2 Å². The average molecular weight is 302 g/mol. The molecule has 0 amide bonds. The van der Waals surface area contributed by atoms with Crippen LogP contribution >= 0.6 is 11.8 Å². The summed E-state index contributed by atoms with van der Waals surface area (Å²) in [6.45, 7) is 1.97. The van der Waals surface area contributed by atoms with E-state index in [2.05, 4.69) is 9.97 Å². The zero-order valence-corrected chi connectivity index (χ0v) is 11.4. The Kier molecular flexibility index (Phi) is 3.70. The number of alkyl halides is 2. The van der Waals surface area contributed by atoms with Crippen LogP contribution in [0.15, 0.2) is 11.2 Å². The highest BCUT2D eigenvalue weighted by molar-refractivity contribution is 7.99. The number of ketones is 1. The second-order valence-electron chi connectivity index (χ2n) is 4.68. The number of aryl methyl sites for hydroxylation is 1. The Morgan fingerprint density at radius 3 is 3.00 bits per heavy atom. The SMILES string of the molecule is Cc1cc(C(F)F)nc(S[C@@H]2CC(=O)[C@H]3OC[C@@H]2O3)n1. The molecular weight excluding hydrogens is 290 g/mol. The van der Waals surface area contributed by atoms with Crippen LogP contribution in [0, 0.1) is 6.92 Å². The van der Waals surface area contributed by atoms with E-state index in [0.29, 0.717) is 12.3 Å². The highest BCUT2D eigenvalue weighted by Gasteiger charge is 2.43. The molecule has 0 aliphatic carbocycles. The van der Waals surface area contributed by atoms with E-state index in [4.69, 9.17) is 9.47 Å². The van der Waals surface area contributed by atoms with Crippen molar-refractivity contribution in [1.29, 1.82) is 0 Å². The number of carbonyl (C=O) groups excluding carboxylic acids is 1. The molecule has 0 aromatic carbocycles. The molecule has 2 bridgehead atoms. The fourth-order valence-electron chi connectivity index (χ4n) is 2.19. The third-order valence-electron chi connectivity index (χ3n) is 3.12. The number of Topliss-reactive ketones (excluding diaryl/α,β-unsaturated/α-hetero) is 1. The number of hydrogen-bond donors (Lipinski definition) is 0. The van der Waals surface area contributed by atoms with Crippen molar-refractivity contribution >= 4 is 17.5 Å². The van der Waals surface area contributed by atoms with Crippen LogP contribution < -0.4 is 0 Å². The first kappa shape index (κ1) is 13.8. The summed E-state index contributed by atoms with van der Waals surface area (Å²) in [6.07, 6.45) is -3.34. The number of halogens is 2. The topological polar surface area (TPSA) is 61.3 Å². The van der Waals surface area contributed by atoms with Gasteiger partial charge >= 0.3 is 0 Å². The van der Waals surface area contributed by atoms with Crippen LogP contribution in [-0.4, -0.2) is 40.0 Å². The Labute approximate surface area is 118 Å². The van der Waals surface area contributed by atoms with E-state index in [0.717, 1.165) is 0 Å². The third kappa shape index (κ3) is 2.68. The summed E-state index contributed by atoms with van der Waals surface area (Å²) in [7, 11) is 0. The Balaban J connectivity index is 1.79. The zero-order chi connectivity index (χ0) is 14.3. The lowest BCUT2D eigenvalue weighted by molar-refractivity contribution is -0.151. The molecule has 1 aromatic rings. The number of aromatic nitrogens is 2. The maximum atomic E-state index is 12.7. The smallest absolute Gasteiger partial charge is 0.280 e. The number of fused-ring (bicyclic) bond motifs is 2. The Bertz CT molecular complexity index is 543. The molecule has 0 saturated carbocycles. The summed E-state index contributed by atoms with van der Waals surface area (Å²) in [5.41, 5.74) is 0.171. The van der Waals surface area contributed by atoms with Gasteiger partial charge in [-0.05, 0) is 13.0 Å². The van der Waals surface area contributed by atoms with Gasteiger partial charge in [0.15, 0.2) is 10.9 Å². The van der Waals surface area contributed by atoms with Gasteiger partial charge in [0.05, 0.1) is 12.7 Å². The van der Waals surface area contributed by atoms with Crippen molar-refractivity contribution in [2.75, 3.05) is 6.61 Å². The maximum absolute atomic E-state index is 12.7. The summed E-state index contributed by atoms with van der Waals surface area (Å²) < 4.78 is 36.0. The van der Waals surface area contributed by atoms with E-state index < -0.39 is 12.7 Å². The first-order valence-corrected chi connectivity index (χ1v) is 7.01. The van der Waals surface area contributed by atoms with E-state index in [1.807, 2.05) is 0 Å². The van der Waals surface area contributed by atoms with Crippen molar-refractivity contribution in [2.45, 2.75) is 42.6 Å². The van der Waals surface area contributed by atoms with Crippen molar-refractivity contribution in [3.8, 4) is 0 Å². The standard InChI is InChI=1S/C12H12F2N2O3S/c1-5-2-6(10(13)14)16-12(15-5)20-9-3-7(17)11-18-4-8(9)19-11/h2,8-11H,3-4H2,1H3/t8-,9+,11-/m0/s1. The molecule has 2 aliphatic rings. The van der Waals surface area contributed by atoms with Crippen LogP contribution in [0.4, 0.5) is 8.78 Å². The number of rotatable bonds is 3. The van der Waals surface area contributed by atoms with Gasteiger partial charge in [-0.15, -0.1) is 0 Å². The van der Waals surface area contributed by atoms with Gasteiger partial charge in [-0.25, -0.2) is 18.7 Å². The molecule has 0 N–H and O–H groups in total. The lowest BCUT2D eigenvalue weighted by Crippen LogP contribution is -2.37. The predicted molar refractivity (Wildman–Crippen MR) is 65.6 cm³/mol. The molecule has 5 nitrogen and oxygen atoms in total. The Morgan fingerprint density at radius 2 is 2.25 bits per heavy atom. The second kappa shape index (κ2) is 5.34. The minimum absolute atomic E-state index is 0.127. The number of thioether (sulfide) groups is 1. The van der Waals surface area contributed by atoms with Crippen LogP contribution in [0.5, 0.6) is 0 Å². The zero-order valence-electron chi connectivity index (χ0n) is 10.6. The minimum Gasteiger partial charge on any atom is -0.343 e. The van der Waals surface area contributed by atoms with Gasteiger partial charge in [-0.1, -0.05) is 11.8 Å². The molecular formula is C12H12F2N2O3S. The van der Waals surface area contributed by atoms with Gasteiger partial charge in [-0.3, -0.25) is 4.79 Å². The molecule has 8 heteroatoms. The lowest BCUT2D eigenvalue weighted by Gasteiger charge is -2.25. The largest absolute Gasteiger partial charge is 0.343 e. The molecule has 2 aliphatic heterocycles. The monoisotopic (exact) mass is 302 g/mol. The Morgan fingerprint density at radius 1 is 1.45 bits per heavy atom. The minimum atomic E-state index is -2.64. The van der Waals surface area contributed by atoms with E-state index in [-0.39, 0.29) is 34.4 Å². The van der Waals surface area contributed by atoms with Crippen LogP contribution in [0.3, 0.4) is 0 Å². The van der Waals surface area contributed by atoms with E-state index >= 15 is 0 Å². The Hall–Kier alpha value is -1.12. The highest BCUT2D eigenvalue weighted by Crippen LogP contribution is 2.35. The molecule has 3 heterocycles. The molecule has 0 unspecified atom stereocenters. The van der Waals surface area contributed by atoms with Crippen molar-refractivity contribution in [3.05, 3.63) is 17.5 Å². The third-order valence-corrected chi connectivity index (χ3v) is 4.29. The van der Waals surface area contributed by atoms with Crippen molar-refractivity contribution in [3.63, 3.8) is 0 Å². The normalized spacial score (nSPS) is 29.2. The van der Waals surface area contributed by atoms with Crippen LogP contribution in [0.25, 0.3) is 0 Å². The molecule has 0 spiro atoms. The van der Waals surface area contributed by atoms with Gasteiger partial charge < -0.3 is 9.47 Å². The summed E-state index contributed by atoms with van der Waals surface area (Å²) in [6, 6.07) is 1.26. The fourth-order valence-corrected chi connectivity index (χ4v) is 3.36. The van der Waals surface area contributed by atoms with E-state index in [9.17, 15) is 13.6 Å².